The van der Waals surface area contributed by atoms with Crippen molar-refractivity contribution < 1.29 is 18.8 Å². The summed E-state index contributed by atoms with van der Waals surface area (Å²) in [6.45, 7) is 11.7. The smallest absolute Gasteiger partial charge is 0.410 e. The standard InChI is InChI=1S/C21H31N5O4/c1-6-22-16-9-7-8-15(18(16)28-5)19-23-17(24-30-19)14-25-10-12-26(13-11-25)20(27)29-21(2,3)4/h7-9,22H,6,10-14H2,1-5H3. The average molecular weight is 418 g/mol. The first-order chi connectivity index (χ1) is 14.3. The Hall–Kier alpha value is -2.81. The fraction of sp³-hybridized carbons (Fsp3) is 0.571. The molecule has 9 nitrogen and oxygen atoms in total. The van der Waals surface area contributed by atoms with E-state index in [1.807, 2.05) is 45.9 Å². The van der Waals surface area contributed by atoms with Gasteiger partial charge in [-0.3, -0.25) is 4.90 Å². The van der Waals surface area contributed by atoms with Gasteiger partial charge in [-0.05, 0) is 39.8 Å². The van der Waals surface area contributed by atoms with E-state index in [-0.39, 0.29) is 6.09 Å². The fourth-order valence-electron chi connectivity index (χ4n) is 3.30. The van der Waals surface area contributed by atoms with E-state index in [9.17, 15) is 4.79 Å². The van der Waals surface area contributed by atoms with Gasteiger partial charge in [0.15, 0.2) is 11.6 Å². The highest BCUT2D eigenvalue weighted by molar-refractivity contribution is 5.73. The monoisotopic (exact) mass is 417 g/mol. The van der Waals surface area contributed by atoms with E-state index >= 15 is 0 Å². The molecule has 0 aliphatic carbocycles. The molecule has 1 fully saturated rings. The van der Waals surface area contributed by atoms with Crippen LogP contribution in [0.4, 0.5) is 10.5 Å². The Morgan fingerprint density at radius 2 is 1.97 bits per heavy atom. The van der Waals surface area contributed by atoms with Crippen molar-refractivity contribution in [2.24, 2.45) is 0 Å². The van der Waals surface area contributed by atoms with Gasteiger partial charge in [0.05, 0.1) is 24.9 Å². The predicted molar refractivity (Wildman–Crippen MR) is 114 cm³/mol. The summed E-state index contributed by atoms with van der Waals surface area (Å²) in [5.41, 5.74) is 1.15. The second kappa shape index (κ2) is 9.34. The third-order valence-corrected chi connectivity index (χ3v) is 4.67. The number of nitrogens with one attached hydrogen (secondary N) is 1. The van der Waals surface area contributed by atoms with Gasteiger partial charge in [0.1, 0.15) is 5.60 Å². The van der Waals surface area contributed by atoms with Crippen LogP contribution in [-0.2, 0) is 11.3 Å². The molecule has 1 aliphatic heterocycles. The number of para-hydroxylation sites is 1. The van der Waals surface area contributed by atoms with Gasteiger partial charge in [-0.25, -0.2) is 4.79 Å². The Morgan fingerprint density at radius 3 is 2.60 bits per heavy atom. The summed E-state index contributed by atoms with van der Waals surface area (Å²) >= 11 is 0. The van der Waals surface area contributed by atoms with Crippen LogP contribution in [0.2, 0.25) is 0 Å². The van der Waals surface area contributed by atoms with Gasteiger partial charge in [0.25, 0.3) is 5.89 Å². The second-order valence-corrected chi connectivity index (χ2v) is 8.18. The quantitative estimate of drug-likeness (QED) is 0.766. The van der Waals surface area contributed by atoms with Crippen molar-refractivity contribution in [2.45, 2.75) is 39.8 Å². The lowest BCUT2D eigenvalue weighted by Crippen LogP contribution is -2.49. The zero-order valence-electron chi connectivity index (χ0n) is 18.4. The van der Waals surface area contributed by atoms with Gasteiger partial charge >= 0.3 is 6.09 Å². The van der Waals surface area contributed by atoms with E-state index in [4.69, 9.17) is 14.0 Å². The fourth-order valence-corrected chi connectivity index (χ4v) is 3.30. The van der Waals surface area contributed by atoms with Crippen molar-refractivity contribution in [1.29, 1.82) is 0 Å². The molecular formula is C21H31N5O4. The molecule has 0 unspecified atom stereocenters. The van der Waals surface area contributed by atoms with Gasteiger partial charge in [-0.2, -0.15) is 4.98 Å². The Balaban J connectivity index is 1.61. The molecule has 1 aliphatic rings. The lowest BCUT2D eigenvalue weighted by Gasteiger charge is -2.35. The Kier molecular flexibility index (Phi) is 6.81. The molecule has 1 aromatic heterocycles. The number of hydrogen-bond donors (Lipinski definition) is 1. The molecule has 2 aromatic rings. The lowest BCUT2D eigenvalue weighted by molar-refractivity contribution is 0.0136. The zero-order valence-corrected chi connectivity index (χ0v) is 18.4. The van der Waals surface area contributed by atoms with Crippen LogP contribution in [0.25, 0.3) is 11.5 Å². The summed E-state index contributed by atoms with van der Waals surface area (Å²) in [6.07, 6.45) is -0.267. The maximum absolute atomic E-state index is 12.2. The molecule has 0 atom stereocenters. The molecule has 0 saturated carbocycles. The van der Waals surface area contributed by atoms with Crippen LogP contribution < -0.4 is 10.1 Å². The van der Waals surface area contributed by atoms with E-state index in [1.54, 1.807) is 12.0 Å². The largest absolute Gasteiger partial charge is 0.494 e. The molecule has 3 rings (SSSR count). The number of piperazine rings is 1. The average Bonchev–Trinajstić information content (AvgIpc) is 3.15. The van der Waals surface area contributed by atoms with Gasteiger partial charge in [0.2, 0.25) is 0 Å². The highest BCUT2D eigenvalue weighted by Crippen LogP contribution is 2.35. The normalized spacial score (nSPS) is 15.2. The summed E-state index contributed by atoms with van der Waals surface area (Å²) in [6, 6.07) is 5.78. The number of anilines is 1. The highest BCUT2D eigenvalue weighted by Gasteiger charge is 2.26. The van der Waals surface area contributed by atoms with Crippen molar-refractivity contribution in [3.63, 3.8) is 0 Å². The Morgan fingerprint density at radius 1 is 1.23 bits per heavy atom. The SMILES string of the molecule is CCNc1cccc(-c2nc(CN3CCN(C(=O)OC(C)(C)C)CC3)no2)c1OC. The van der Waals surface area contributed by atoms with Gasteiger partial charge in [-0.15, -0.1) is 0 Å². The van der Waals surface area contributed by atoms with Gasteiger partial charge in [0, 0.05) is 32.7 Å². The van der Waals surface area contributed by atoms with Crippen LogP contribution in [0, 0.1) is 0 Å². The molecule has 1 N–H and O–H groups in total. The number of amides is 1. The number of hydrogen-bond acceptors (Lipinski definition) is 8. The van der Waals surface area contributed by atoms with Crippen molar-refractivity contribution in [2.75, 3.05) is 45.2 Å². The number of carbonyl (C=O) groups is 1. The van der Waals surface area contributed by atoms with Crippen LogP contribution in [0.3, 0.4) is 0 Å². The first kappa shape index (κ1) is 21.9. The molecule has 1 aromatic carbocycles. The van der Waals surface area contributed by atoms with E-state index in [2.05, 4.69) is 20.4 Å². The molecule has 1 saturated heterocycles. The van der Waals surface area contributed by atoms with E-state index in [0.717, 1.165) is 30.9 Å². The number of nitrogens with zero attached hydrogens (tertiary/aromatic N) is 4. The van der Waals surface area contributed by atoms with Crippen LogP contribution in [0.1, 0.15) is 33.5 Å². The van der Waals surface area contributed by atoms with Crippen molar-refractivity contribution in [3.05, 3.63) is 24.0 Å². The van der Waals surface area contributed by atoms with Crippen LogP contribution in [0.5, 0.6) is 5.75 Å². The minimum absolute atomic E-state index is 0.267. The number of aromatic nitrogens is 2. The van der Waals surface area contributed by atoms with Gasteiger partial charge in [-0.1, -0.05) is 11.2 Å². The summed E-state index contributed by atoms with van der Waals surface area (Å²) in [4.78, 5) is 20.7. The first-order valence-electron chi connectivity index (χ1n) is 10.2. The summed E-state index contributed by atoms with van der Waals surface area (Å²) in [5.74, 6) is 1.71. The van der Waals surface area contributed by atoms with E-state index in [1.165, 1.54) is 0 Å². The summed E-state index contributed by atoms with van der Waals surface area (Å²) in [5, 5.41) is 7.40. The van der Waals surface area contributed by atoms with Crippen molar-refractivity contribution in [1.82, 2.24) is 19.9 Å². The Bertz CT molecular complexity index is 853. The van der Waals surface area contributed by atoms with Crippen LogP contribution in [-0.4, -0.2) is 71.5 Å². The van der Waals surface area contributed by atoms with Crippen molar-refractivity contribution in [3.8, 4) is 17.2 Å². The minimum atomic E-state index is -0.486. The molecule has 2 heterocycles. The lowest BCUT2D eigenvalue weighted by atomic mass is 10.1. The molecule has 30 heavy (non-hydrogen) atoms. The van der Waals surface area contributed by atoms with E-state index < -0.39 is 5.60 Å². The highest BCUT2D eigenvalue weighted by atomic mass is 16.6. The number of benzene rings is 1. The zero-order chi connectivity index (χ0) is 21.7. The van der Waals surface area contributed by atoms with Gasteiger partial charge < -0.3 is 24.2 Å². The summed E-state index contributed by atoms with van der Waals surface area (Å²) < 4.78 is 16.5. The molecule has 0 spiro atoms. The third-order valence-electron chi connectivity index (χ3n) is 4.67. The molecule has 1 amide bonds. The van der Waals surface area contributed by atoms with Crippen LogP contribution >= 0.6 is 0 Å². The molecule has 0 radical (unpaired) electrons. The summed E-state index contributed by atoms with van der Waals surface area (Å²) in [7, 11) is 1.63. The predicted octanol–water partition coefficient (Wildman–Crippen LogP) is 3.23. The molecular weight excluding hydrogens is 386 g/mol. The Labute approximate surface area is 177 Å². The maximum Gasteiger partial charge on any atom is 0.410 e. The number of rotatable bonds is 6. The molecule has 9 heteroatoms. The minimum Gasteiger partial charge on any atom is -0.494 e. The maximum atomic E-state index is 12.2. The number of carbonyl (C=O) groups excluding carboxylic acids is 1. The van der Waals surface area contributed by atoms with E-state index in [0.29, 0.717) is 37.1 Å². The molecule has 0 bridgehead atoms. The topological polar surface area (TPSA) is 93.0 Å². The number of methoxy groups -OCH3 is 1. The number of ether oxygens (including phenoxy) is 2. The third kappa shape index (κ3) is 5.41. The first-order valence-corrected chi connectivity index (χ1v) is 10.2. The van der Waals surface area contributed by atoms with Crippen LogP contribution in [0.15, 0.2) is 22.7 Å². The van der Waals surface area contributed by atoms with Crippen molar-refractivity contribution >= 4 is 11.8 Å². The molecule has 164 valence electrons. The second-order valence-electron chi connectivity index (χ2n) is 8.18.